The van der Waals surface area contributed by atoms with Gasteiger partial charge >= 0.3 is 0 Å². The van der Waals surface area contributed by atoms with Crippen molar-refractivity contribution < 1.29 is 29.3 Å². The van der Waals surface area contributed by atoms with Crippen LogP contribution >= 0.6 is 0 Å². The minimum absolute atomic E-state index is 0.0496. The SMILES string of the molecule is CC(C)=CCc1c(O)cc(O)c2c1O[C@]13C(=C[C@@H]4C[C@H]1CO[C@@]3(CC=C(C)C)C4=O)C2=O. The highest BCUT2D eigenvalue weighted by atomic mass is 16.6. The zero-order valence-electron chi connectivity index (χ0n) is 18.8. The van der Waals surface area contributed by atoms with Crippen LogP contribution < -0.4 is 4.74 Å². The summed E-state index contributed by atoms with van der Waals surface area (Å²) in [4.78, 5) is 27.4. The largest absolute Gasteiger partial charge is 0.507 e. The van der Waals surface area contributed by atoms with Gasteiger partial charge in [-0.15, -0.1) is 0 Å². The number of ether oxygens (including phenoxy) is 2. The number of fused-ring (bicyclic) bond motifs is 1. The molecule has 1 saturated carbocycles. The molecule has 2 heterocycles. The van der Waals surface area contributed by atoms with Crippen molar-refractivity contribution in [2.75, 3.05) is 6.61 Å². The van der Waals surface area contributed by atoms with Gasteiger partial charge in [0.05, 0.1) is 6.61 Å². The fraction of sp³-hybridized carbons (Fsp3) is 0.462. The minimum atomic E-state index is -1.29. The van der Waals surface area contributed by atoms with Crippen LogP contribution in [0.1, 0.15) is 56.5 Å². The first-order valence-electron chi connectivity index (χ1n) is 11.1. The Hall–Kier alpha value is -2.86. The third-order valence-electron chi connectivity index (χ3n) is 7.33. The maximum absolute atomic E-state index is 13.8. The number of rotatable bonds is 4. The van der Waals surface area contributed by atoms with Crippen molar-refractivity contribution in [1.29, 1.82) is 0 Å². The van der Waals surface area contributed by atoms with Crippen LogP contribution in [0.4, 0.5) is 0 Å². The number of allylic oxidation sites excluding steroid dienone is 4. The molecule has 168 valence electrons. The zero-order valence-corrected chi connectivity index (χ0v) is 18.8. The van der Waals surface area contributed by atoms with Gasteiger partial charge in [0, 0.05) is 35.5 Å². The van der Waals surface area contributed by atoms with Gasteiger partial charge in [0.1, 0.15) is 22.8 Å². The second-order valence-electron chi connectivity index (χ2n) is 9.86. The number of aromatic hydroxyl groups is 2. The van der Waals surface area contributed by atoms with Crippen LogP contribution in [0.3, 0.4) is 0 Å². The monoisotopic (exact) mass is 436 g/mol. The molecule has 0 aromatic heterocycles. The molecule has 0 amide bonds. The molecule has 3 aliphatic carbocycles. The van der Waals surface area contributed by atoms with Gasteiger partial charge in [0.25, 0.3) is 0 Å². The molecule has 2 fully saturated rings. The standard InChI is InChI=1S/C26H28O6/c1-13(2)5-6-17-19(27)11-20(28)21-22(29)18-10-15-9-16-12-31-25(24(15)30,8-7-14(3)4)26(16,18)32-23(17)21/h5,7,10-11,15-16,27-28H,6,8-9,12H2,1-4H3/t15-,16-,25-,26-/m0/s1. The molecule has 4 bridgehead atoms. The van der Waals surface area contributed by atoms with E-state index in [2.05, 4.69) is 0 Å². The summed E-state index contributed by atoms with van der Waals surface area (Å²) < 4.78 is 12.9. The van der Waals surface area contributed by atoms with Crippen molar-refractivity contribution in [2.45, 2.75) is 58.2 Å². The van der Waals surface area contributed by atoms with Crippen LogP contribution in [0.5, 0.6) is 17.2 Å². The van der Waals surface area contributed by atoms with Gasteiger partial charge in [-0.1, -0.05) is 29.4 Å². The van der Waals surface area contributed by atoms with E-state index in [0.717, 1.165) is 11.1 Å². The lowest BCUT2D eigenvalue weighted by Crippen LogP contribution is -2.71. The van der Waals surface area contributed by atoms with Gasteiger partial charge in [0.2, 0.25) is 0 Å². The van der Waals surface area contributed by atoms with Crippen molar-refractivity contribution in [3.63, 3.8) is 0 Å². The molecule has 32 heavy (non-hydrogen) atoms. The smallest absolute Gasteiger partial charge is 0.200 e. The van der Waals surface area contributed by atoms with Crippen LogP contribution in [0, 0.1) is 11.8 Å². The van der Waals surface area contributed by atoms with Crippen LogP contribution in [0.15, 0.2) is 41.0 Å². The third kappa shape index (κ3) is 2.50. The van der Waals surface area contributed by atoms with Crippen molar-refractivity contribution in [3.8, 4) is 17.2 Å². The van der Waals surface area contributed by atoms with Crippen molar-refractivity contribution in [2.24, 2.45) is 11.8 Å². The second kappa shape index (κ2) is 6.82. The molecule has 4 atom stereocenters. The Morgan fingerprint density at radius 1 is 1.12 bits per heavy atom. The topological polar surface area (TPSA) is 93.1 Å². The Labute approximate surface area is 187 Å². The van der Waals surface area contributed by atoms with E-state index in [1.54, 1.807) is 6.08 Å². The molecule has 6 nitrogen and oxygen atoms in total. The molecular formula is C26H28O6. The Bertz CT molecular complexity index is 1150. The number of benzene rings is 1. The maximum atomic E-state index is 13.8. The number of phenols is 2. The normalized spacial score (nSPS) is 31.4. The fourth-order valence-electron chi connectivity index (χ4n) is 5.83. The Balaban J connectivity index is 1.77. The zero-order chi connectivity index (χ0) is 23.0. The predicted octanol–water partition coefficient (Wildman–Crippen LogP) is 4.19. The van der Waals surface area contributed by atoms with E-state index in [4.69, 9.17) is 9.47 Å². The number of hydrogen-bond acceptors (Lipinski definition) is 6. The van der Waals surface area contributed by atoms with Crippen LogP contribution in [-0.2, 0) is 16.0 Å². The predicted molar refractivity (Wildman–Crippen MR) is 118 cm³/mol. The van der Waals surface area contributed by atoms with E-state index in [-0.39, 0.29) is 40.3 Å². The van der Waals surface area contributed by atoms with Crippen LogP contribution in [0.25, 0.3) is 0 Å². The molecule has 6 heteroatoms. The van der Waals surface area contributed by atoms with Gasteiger partial charge in [-0.25, -0.2) is 0 Å². The molecular weight excluding hydrogens is 408 g/mol. The van der Waals surface area contributed by atoms with Gasteiger partial charge in [-0.05, 0) is 40.5 Å². The van der Waals surface area contributed by atoms with Crippen molar-refractivity contribution in [3.05, 3.63) is 52.1 Å². The quantitative estimate of drug-likeness (QED) is 0.688. The summed E-state index contributed by atoms with van der Waals surface area (Å²) >= 11 is 0. The lowest BCUT2D eigenvalue weighted by Gasteiger charge is -2.56. The first-order chi connectivity index (χ1) is 15.1. The molecule has 6 rings (SSSR count). The van der Waals surface area contributed by atoms with Crippen molar-refractivity contribution in [1.82, 2.24) is 0 Å². The van der Waals surface area contributed by atoms with Gasteiger partial charge < -0.3 is 19.7 Å². The van der Waals surface area contributed by atoms with E-state index in [0.29, 0.717) is 37.0 Å². The van der Waals surface area contributed by atoms with Gasteiger partial charge in [0.15, 0.2) is 22.8 Å². The van der Waals surface area contributed by atoms with E-state index in [1.165, 1.54) is 6.07 Å². The summed E-state index contributed by atoms with van der Waals surface area (Å²) in [5.41, 5.74) is 0.429. The lowest BCUT2D eigenvalue weighted by atomic mass is 9.53. The number of carbonyl (C=O) groups excluding carboxylic acids is 2. The molecule has 0 unspecified atom stereocenters. The molecule has 1 aromatic rings. The molecule has 1 spiro atoms. The highest BCUT2D eigenvalue weighted by Crippen LogP contribution is 2.64. The van der Waals surface area contributed by atoms with E-state index < -0.39 is 17.1 Å². The maximum Gasteiger partial charge on any atom is 0.200 e. The summed E-state index contributed by atoms with van der Waals surface area (Å²) in [5.74, 6) is -1.27. The molecule has 2 N–H and O–H groups in total. The van der Waals surface area contributed by atoms with E-state index in [9.17, 15) is 19.8 Å². The summed E-state index contributed by atoms with van der Waals surface area (Å²) in [6.07, 6.45) is 6.83. The highest BCUT2D eigenvalue weighted by Gasteiger charge is 2.77. The summed E-state index contributed by atoms with van der Waals surface area (Å²) in [6, 6.07) is 1.20. The molecule has 1 aromatic carbocycles. The summed E-state index contributed by atoms with van der Waals surface area (Å²) in [7, 11) is 0. The number of hydrogen-bond donors (Lipinski definition) is 2. The number of phenolic OH excluding ortho intramolecular Hbond substituents is 2. The van der Waals surface area contributed by atoms with Gasteiger partial charge in [-0.3, -0.25) is 9.59 Å². The van der Waals surface area contributed by atoms with Crippen LogP contribution in [0.2, 0.25) is 0 Å². The van der Waals surface area contributed by atoms with Crippen molar-refractivity contribution >= 4 is 11.6 Å². The van der Waals surface area contributed by atoms with Gasteiger partial charge in [-0.2, -0.15) is 0 Å². The average Bonchev–Trinajstić information content (AvgIpc) is 2.97. The van der Waals surface area contributed by atoms with Crippen LogP contribution in [-0.4, -0.2) is 39.6 Å². The number of Topliss-reactive ketones (excluding diaryl/α,β-unsaturated/α-hetero) is 2. The lowest BCUT2D eigenvalue weighted by molar-refractivity contribution is -0.165. The molecule has 2 aliphatic heterocycles. The minimum Gasteiger partial charge on any atom is -0.507 e. The average molecular weight is 437 g/mol. The van der Waals surface area contributed by atoms with E-state index in [1.807, 2.05) is 39.8 Å². The molecule has 5 aliphatic rings. The number of ketones is 2. The highest BCUT2D eigenvalue weighted by molar-refractivity contribution is 6.18. The van der Waals surface area contributed by atoms with E-state index >= 15 is 0 Å². The molecule has 1 saturated heterocycles. The Morgan fingerprint density at radius 3 is 2.53 bits per heavy atom. The fourth-order valence-corrected chi connectivity index (χ4v) is 5.83. The molecule has 0 radical (unpaired) electrons. The third-order valence-corrected chi connectivity index (χ3v) is 7.33. The second-order valence-corrected chi connectivity index (χ2v) is 9.86. The summed E-state index contributed by atoms with van der Waals surface area (Å²) in [5, 5.41) is 21.2. The number of carbonyl (C=O) groups is 2. The Morgan fingerprint density at radius 2 is 1.84 bits per heavy atom. The summed E-state index contributed by atoms with van der Waals surface area (Å²) in [6.45, 7) is 8.13. The first-order valence-corrected chi connectivity index (χ1v) is 11.1. The Kier molecular flexibility index (Phi) is 4.48. The first kappa shape index (κ1) is 21.0.